The van der Waals surface area contributed by atoms with Crippen molar-refractivity contribution in [2.75, 3.05) is 17.7 Å². The molecule has 142 valence electrons. The predicted octanol–water partition coefficient (Wildman–Crippen LogP) is 4.29. The lowest BCUT2D eigenvalue weighted by Gasteiger charge is -2.15. The smallest absolute Gasteiger partial charge is 0.337 e. The molecule has 2 N–H and O–H groups in total. The van der Waals surface area contributed by atoms with E-state index in [1.54, 1.807) is 42.6 Å². The Labute approximate surface area is 163 Å². The quantitative estimate of drug-likeness (QED) is 0.628. The van der Waals surface area contributed by atoms with Crippen molar-refractivity contribution in [2.24, 2.45) is 0 Å². The number of ether oxygens (including phenoxy) is 1. The standard InChI is InChI=1S/C22H21N3O3/c1-15(16-7-4-3-5-8-16)24-20-14-17(11-12-23-20)21(26)25-19-10-6-9-18(13-19)22(27)28-2/h3-15H,1-2H3,(H,23,24)(H,25,26). The molecule has 6 nitrogen and oxygen atoms in total. The fraction of sp³-hybridized carbons (Fsp3) is 0.136. The number of nitrogens with zero attached hydrogens (tertiary/aromatic N) is 1. The molecule has 28 heavy (non-hydrogen) atoms. The third-order valence-electron chi connectivity index (χ3n) is 4.23. The van der Waals surface area contributed by atoms with Crippen molar-refractivity contribution in [1.82, 2.24) is 4.98 Å². The summed E-state index contributed by atoms with van der Waals surface area (Å²) in [5.41, 5.74) is 2.46. The maximum Gasteiger partial charge on any atom is 0.337 e. The number of nitrogens with one attached hydrogen (secondary N) is 2. The lowest BCUT2D eigenvalue weighted by molar-refractivity contribution is 0.0600. The second kappa shape index (κ2) is 8.81. The van der Waals surface area contributed by atoms with Crippen LogP contribution >= 0.6 is 0 Å². The first-order valence-electron chi connectivity index (χ1n) is 8.84. The summed E-state index contributed by atoms with van der Waals surface area (Å²) in [4.78, 5) is 28.5. The van der Waals surface area contributed by atoms with E-state index in [0.717, 1.165) is 5.56 Å². The van der Waals surface area contributed by atoms with E-state index in [1.165, 1.54) is 7.11 Å². The molecule has 0 radical (unpaired) electrons. The number of carbonyl (C=O) groups is 2. The molecule has 0 aliphatic rings. The first-order chi connectivity index (χ1) is 13.6. The molecule has 2 aromatic carbocycles. The van der Waals surface area contributed by atoms with Gasteiger partial charge in [0.05, 0.1) is 12.7 Å². The number of hydrogen-bond acceptors (Lipinski definition) is 5. The van der Waals surface area contributed by atoms with E-state index in [-0.39, 0.29) is 11.9 Å². The summed E-state index contributed by atoms with van der Waals surface area (Å²) in [5, 5.41) is 6.08. The van der Waals surface area contributed by atoms with Crippen LogP contribution in [0.1, 0.15) is 39.2 Å². The summed E-state index contributed by atoms with van der Waals surface area (Å²) in [7, 11) is 1.32. The zero-order valence-corrected chi connectivity index (χ0v) is 15.7. The maximum absolute atomic E-state index is 12.6. The third kappa shape index (κ3) is 4.73. The average Bonchev–Trinajstić information content (AvgIpc) is 2.74. The highest BCUT2D eigenvalue weighted by Crippen LogP contribution is 2.19. The lowest BCUT2D eigenvalue weighted by atomic mass is 10.1. The van der Waals surface area contributed by atoms with Gasteiger partial charge in [0.15, 0.2) is 0 Å². The van der Waals surface area contributed by atoms with E-state index in [2.05, 4.69) is 15.6 Å². The van der Waals surface area contributed by atoms with Crippen molar-refractivity contribution in [3.63, 3.8) is 0 Å². The molecule has 3 aromatic rings. The highest BCUT2D eigenvalue weighted by atomic mass is 16.5. The van der Waals surface area contributed by atoms with E-state index >= 15 is 0 Å². The lowest BCUT2D eigenvalue weighted by Crippen LogP contribution is -2.14. The molecule has 0 bridgehead atoms. The molecule has 1 unspecified atom stereocenters. The summed E-state index contributed by atoms with van der Waals surface area (Å²) in [6.07, 6.45) is 1.58. The van der Waals surface area contributed by atoms with Crippen LogP contribution < -0.4 is 10.6 Å². The number of hydrogen-bond donors (Lipinski definition) is 2. The number of carbonyl (C=O) groups excluding carboxylic acids is 2. The van der Waals surface area contributed by atoms with E-state index in [9.17, 15) is 9.59 Å². The topological polar surface area (TPSA) is 80.3 Å². The number of rotatable bonds is 6. The minimum Gasteiger partial charge on any atom is -0.465 e. The zero-order chi connectivity index (χ0) is 19.9. The largest absolute Gasteiger partial charge is 0.465 e. The zero-order valence-electron chi connectivity index (χ0n) is 15.7. The summed E-state index contributed by atoms with van der Waals surface area (Å²) in [6, 6.07) is 20.0. The van der Waals surface area contributed by atoms with Gasteiger partial charge in [0.1, 0.15) is 5.82 Å². The molecule has 0 saturated heterocycles. The number of amides is 1. The minimum absolute atomic E-state index is 0.0451. The van der Waals surface area contributed by atoms with Crippen LogP contribution in [0.4, 0.5) is 11.5 Å². The van der Waals surface area contributed by atoms with E-state index in [1.807, 2.05) is 37.3 Å². The van der Waals surface area contributed by atoms with Crippen molar-refractivity contribution in [2.45, 2.75) is 13.0 Å². The van der Waals surface area contributed by atoms with Gasteiger partial charge in [-0.1, -0.05) is 36.4 Å². The normalized spacial score (nSPS) is 11.4. The van der Waals surface area contributed by atoms with Gasteiger partial charge in [0.2, 0.25) is 0 Å². The number of aromatic nitrogens is 1. The summed E-state index contributed by atoms with van der Waals surface area (Å²) in [6.45, 7) is 2.03. The molecular weight excluding hydrogens is 354 g/mol. The van der Waals surface area contributed by atoms with E-state index in [4.69, 9.17) is 4.74 Å². The third-order valence-corrected chi connectivity index (χ3v) is 4.23. The van der Waals surface area contributed by atoms with Gasteiger partial charge >= 0.3 is 5.97 Å². The highest BCUT2D eigenvalue weighted by molar-refractivity contribution is 6.05. The fourth-order valence-corrected chi connectivity index (χ4v) is 2.74. The van der Waals surface area contributed by atoms with Gasteiger partial charge in [-0.05, 0) is 42.8 Å². The predicted molar refractivity (Wildman–Crippen MR) is 108 cm³/mol. The monoisotopic (exact) mass is 375 g/mol. The SMILES string of the molecule is COC(=O)c1cccc(NC(=O)c2ccnc(NC(C)c3ccccc3)c2)c1. The van der Waals surface area contributed by atoms with Crippen LogP contribution in [0.15, 0.2) is 72.9 Å². The van der Waals surface area contributed by atoms with Crippen LogP contribution in [0.2, 0.25) is 0 Å². The number of pyridine rings is 1. The van der Waals surface area contributed by atoms with Gasteiger partial charge in [0, 0.05) is 23.5 Å². The molecule has 1 heterocycles. The number of esters is 1. The molecule has 0 fully saturated rings. The average molecular weight is 375 g/mol. The van der Waals surface area contributed by atoms with Crippen LogP contribution in [0.5, 0.6) is 0 Å². The minimum atomic E-state index is -0.457. The molecule has 1 atom stereocenters. The summed E-state index contributed by atoms with van der Waals surface area (Å²) < 4.78 is 4.70. The molecule has 0 saturated carbocycles. The molecule has 0 aliphatic carbocycles. The summed E-state index contributed by atoms with van der Waals surface area (Å²) >= 11 is 0. The summed E-state index contributed by atoms with van der Waals surface area (Å²) in [5.74, 6) is -0.145. The Balaban J connectivity index is 1.71. The molecule has 0 aliphatic heterocycles. The van der Waals surface area contributed by atoms with Crippen LogP contribution in [0.3, 0.4) is 0 Å². The number of benzene rings is 2. The molecule has 0 spiro atoms. The molecule has 1 aromatic heterocycles. The Morgan fingerprint density at radius 1 is 0.964 bits per heavy atom. The van der Waals surface area contributed by atoms with Crippen LogP contribution in [-0.4, -0.2) is 24.0 Å². The van der Waals surface area contributed by atoms with Gasteiger partial charge in [-0.15, -0.1) is 0 Å². The van der Waals surface area contributed by atoms with Crippen molar-refractivity contribution >= 4 is 23.4 Å². The van der Waals surface area contributed by atoms with Crippen molar-refractivity contribution < 1.29 is 14.3 Å². The van der Waals surface area contributed by atoms with Crippen LogP contribution in [0.25, 0.3) is 0 Å². The Hall–Kier alpha value is -3.67. The fourth-order valence-electron chi connectivity index (χ4n) is 2.74. The van der Waals surface area contributed by atoms with Crippen LogP contribution in [0, 0.1) is 0 Å². The van der Waals surface area contributed by atoms with Gasteiger partial charge in [0.25, 0.3) is 5.91 Å². The highest BCUT2D eigenvalue weighted by Gasteiger charge is 2.11. The molecular formula is C22H21N3O3. The maximum atomic E-state index is 12.6. The Bertz CT molecular complexity index is 974. The number of methoxy groups -OCH3 is 1. The van der Waals surface area contributed by atoms with Gasteiger partial charge in [-0.3, -0.25) is 4.79 Å². The Morgan fingerprint density at radius 2 is 1.75 bits per heavy atom. The van der Waals surface area contributed by atoms with Gasteiger partial charge in [-0.25, -0.2) is 9.78 Å². The molecule has 6 heteroatoms. The second-order valence-electron chi connectivity index (χ2n) is 6.23. The Kier molecular flexibility index (Phi) is 6.01. The first-order valence-corrected chi connectivity index (χ1v) is 8.84. The van der Waals surface area contributed by atoms with Gasteiger partial charge < -0.3 is 15.4 Å². The molecule has 3 rings (SSSR count). The van der Waals surface area contributed by atoms with E-state index in [0.29, 0.717) is 22.6 Å². The van der Waals surface area contributed by atoms with Gasteiger partial charge in [-0.2, -0.15) is 0 Å². The first kappa shape index (κ1) is 19.1. The van der Waals surface area contributed by atoms with Crippen molar-refractivity contribution in [1.29, 1.82) is 0 Å². The number of anilines is 2. The van der Waals surface area contributed by atoms with Crippen LogP contribution in [-0.2, 0) is 4.74 Å². The van der Waals surface area contributed by atoms with Crippen molar-refractivity contribution in [3.05, 3.63) is 89.6 Å². The second-order valence-corrected chi connectivity index (χ2v) is 6.23. The van der Waals surface area contributed by atoms with E-state index < -0.39 is 5.97 Å². The Morgan fingerprint density at radius 3 is 2.50 bits per heavy atom. The van der Waals surface area contributed by atoms with Crippen molar-refractivity contribution in [3.8, 4) is 0 Å². The molecule has 1 amide bonds.